The first-order chi connectivity index (χ1) is 13.7. The number of rotatable bonds is 6. The molecule has 148 valence electrons. The number of amides is 2. The third kappa shape index (κ3) is 4.59. The summed E-state index contributed by atoms with van der Waals surface area (Å²) in [5, 5.41) is 2.64. The standard InChI is InChI=1S/C21H26N4O2S/c26-19-7-4-9-25(19)21-22-18(16-28-21)15-20(27)24-13-11-23(12-14-24)10-8-17-5-2-1-3-6-17/h1-3,5-6,16H,4,7-15H2. The van der Waals surface area contributed by atoms with E-state index in [1.54, 1.807) is 4.90 Å². The number of thiazole rings is 1. The van der Waals surface area contributed by atoms with Crippen LogP contribution in [0.3, 0.4) is 0 Å². The van der Waals surface area contributed by atoms with Gasteiger partial charge in [-0.05, 0) is 18.4 Å². The number of nitrogens with zero attached hydrogens (tertiary/aromatic N) is 4. The van der Waals surface area contributed by atoms with Crippen LogP contribution in [-0.2, 0) is 22.4 Å². The van der Waals surface area contributed by atoms with Gasteiger partial charge in [0.05, 0.1) is 12.1 Å². The molecule has 0 saturated carbocycles. The zero-order valence-electron chi connectivity index (χ0n) is 16.0. The Hall–Kier alpha value is -2.25. The second kappa shape index (κ2) is 8.84. The quantitative estimate of drug-likeness (QED) is 0.749. The van der Waals surface area contributed by atoms with Crippen LogP contribution < -0.4 is 4.90 Å². The molecule has 0 spiro atoms. The molecule has 0 radical (unpaired) electrons. The van der Waals surface area contributed by atoms with Crippen LogP contribution in [-0.4, -0.2) is 65.9 Å². The Balaban J connectivity index is 1.23. The Bertz CT molecular complexity index is 815. The number of benzene rings is 1. The Kier molecular flexibility index (Phi) is 6.02. The van der Waals surface area contributed by atoms with Gasteiger partial charge in [-0.3, -0.25) is 19.4 Å². The van der Waals surface area contributed by atoms with Crippen LogP contribution in [0.1, 0.15) is 24.1 Å². The van der Waals surface area contributed by atoms with Crippen molar-refractivity contribution >= 4 is 28.3 Å². The van der Waals surface area contributed by atoms with Gasteiger partial charge < -0.3 is 4.90 Å². The number of anilines is 1. The van der Waals surface area contributed by atoms with E-state index in [4.69, 9.17) is 0 Å². The molecule has 2 aliphatic rings. The van der Waals surface area contributed by atoms with Crippen LogP contribution in [0.15, 0.2) is 35.7 Å². The summed E-state index contributed by atoms with van der Waals surface area (Å²) >= 11 is 1.46. The first-order valence-corrected chi connectivity index (χ1v) is 10.9. The molecule has 0 aliphatic carbocycles. The number of hydrogen-bond donors (Lipinski definition) is 0. The third-order valence-electron chi connectivity index (χ3n) is 5.46. The van der Waals surface area contributed by atoms with Crippen LogP contribution in [0, 0.1) is 0 Å². The van der Waals surface area contributed by atoms with E-state index in [0.717, 1.165) is 62.9 Å². The second-order valence-corrected chi connectivity index (χ2v) is 8.24. The molecule has 2 saturated heterocycles. The molecule has 2 aromatic rings. The molecule has 2 aliphatic heterocycles. The van der Waals surface area contributed by atoms with E-state index in [0.29, 0.717) is 12.8 Å². The summed E-state index contributed by atoms with van der Waals surface area (Å²) in [4.78, 5) is 35.1. The van der Waals surface area contributed by atoms with Crippen molar-refractivity contribution < 1.29 is 9.59 Å². The predicted molar refractivity (Wildman–Crippen MR) is 111 cm³/mol. The predicted octanol–water partition coefficient (Wildman–Crippen LogP) is 2.20. The first kappa shape index (κ1) is 19.1. The largest absolute Gasteiger partial charge is 0.340 e. The van der Waals surface area contributed by atoms with Gasteiger partial charge >= 0.3 is 0 Å². The normalized spacial score (nSPS) is 18.1. The maximum Gasteiger partial charge on any atom is 0.228 e. The lowest BCUT2D eigenvalue weighted by Gasteiger charge is -2.34. The molecule has 0 bridgehead atoms. The minimum absolute atomic E-state index is 0.132. The highest BCUT2D eigenvalue weighted by Crippen LogP contribution is 2.25. The van der Waals surface area contributed by atoms with Crippen LogP contribution >= 0.6 is 11.3 Å². The smallest absolute Gasteiger partial charge is 0.228 e. The monoisotopic (exact) mass is 398 g/mol. The average Bonchev–Trinajstić information content (AvgIpc) is 3.36. The minimum Gasteiger partial charge on any atom is -0.340 e. The van der Waals surface area contributed by atoms with Crippen LogP contribution in [0.2, 0.25) is 0 Å². The zero-order chi connectivity index (χ0) is 19.3. The van der Waals surface area contributed by atoms with Crippen molar-refractivity contribution in [3.8, 4) is 0 Å². The molecular weight excluding hydrogens is 372 g/mol. The summed E-state index contributed by atoms with van der Waals surface area (Å²) in [6.07, 6.45) is 2.86. The van der Waals surface area contributed by atoms with Gasteiger partial charge in [0, 0.05) is 51.1 Å². The lowest BCUT2D eigenvalue weighted by molar-refractivity contribution is -0.132. The fourth-order valence-electron chi connectivity index (χ4n) is 3.77. The number of piperazine rings is 1. The molecule has 7 heteroatoms. The highest BCUT2D eigenvalue weighted by molar-refractivity contribution is 7.14. The Morgan fingerprint density at radius 1 is 1.07 bits per heavy atom. The van der Waals surface area contributed by atoms with Crippen molar-refractivity contribution in [3.63, 3.8) is 0 Å². The van der Waals surface area contributed by atoms with Gasteiger partial charge in [-0.2, -0.15) is 0 Å². The number of hydrogen-bond acceptors (Lipinski definition) is 5. The van der Waals surface area contributed by atoms with Gasteiger partial charge in [-0.25, -0.2) is 4.98 Å². The van der Waals surface area contributed by atoms with E-state index in [1.807, 2.05) is 16.3 Å². The van der Waals surface area contributed by atoms with Crippen molar-refractivity contribution in [2.45, 2.75) is 25.7 Å². The maximum atomic E-state index is 12.6. The average molecular weight is 399 g/mol. The van der Waals surface area contributed by atoms with Crippen molar-refractivity contribution in [1.82, 2.24) is 14.8 Å². The Morgan fingerprint density at radius 2 is 1.86 bits per heavy atom. The highest BCUT2D eigenvalue weighted by Gasteiger charge is 2.25. The summed E-state index contributed by atoms with van der Waals surface area (Å²) in [7, 11) is 0. The highest BCUT2D eigenvalue weighted by atomic mass is 32.1. The lowest BCUT2D eigenvalue weighted by atomic mass is 10.1. The molecule has 3 heterocycles. The van der Waals surface area contributed by atoms with Gasteiger partial charge in [0.15, 0.2) is 5.13 Å². The van der Waals surface area contributed by atoms with Gasteiger partial charge in [-0.15, -0.1) is 11.3 Å². The number of aromatic nitrogens is 1. The fourth-order valence-corrected chi connectivity index (χ4v) is 4.64. The Morgan fingerprint density at radius 3 is 2.57 bits per heavy atom. The molecule has 6 nitrogen and oxygen atoms in total. The van der Waals surface area contributed by atoms with E-state index in [9.17, 15) is 9.59 Å². The van der Waals surface area contributed by atoms with E-state index < -0.39 is 0 Å². The summed E-state index contributed by atoms with van der Waals surface area (Å²) in [5.74, 6) is 0.270. The summed E-state index contributed by atoms with van der Waals surface area (Å²) in [5.41, 5.74) is 2.13. The van der Waals surface area contributed by atoms with E-state index >= 15 is 0 Å². The third-order valence-corrected chi connectivity index (χ3v) is 6.37. The van der Waals surface area contributed by atoms with Crippen LogP contribution in [0.5, 0.6) is 0 Å². The second-order valence-electron chi connectivity index (χ2n) is 7.41. The van der Waals surface area contributed by atoms with Gasteiger partial charge in [0.1, 0.15) is 0 Å². The van der Waals surface area contributed by atoms with Crippen molar-refractivity contribution in [2.24, 2.45) is 0 Å². The molecule has 0 unspecified atom stereocenters. The molecular formula is C21H26N4O2S. The van der Waals surface area contributed by atoms with E-state index in [1.165, 1.54) is 16.9 Å². The first-order valence-electron chi connectivity index (χ1n) is 9.98. The number of carbonyl (C=O) groups excluding carboxylic acids is 2. The van der Waals surface area contributed by atoms with Crippen molar-refractivity contribution in [2.75, 3.05) is 44.2 Å². The lowest BCUT2D eigenvalue weighted by Crippen LogP contribution is -2.49. The summed E-state index contributed by atoms with van der Waals surface area (Å²) < 4.78 is 0. The van der Waals surface area contributed by atoms with Gasteiger partial charge in [-0.1, -0.05) is 30.3 Å². The Labute approximate surface area is 169 Å². The van der Waals surface area contributed by atoms with E-state index in [-0.39, 0.29) is 11.8 Å². The minimum atomic E-state index is 0.132. The molecule has 4 rings (SSSR count). The SMILES string of the molecule is O=C(Cc1csc(N2CCCC2=O)n1)N1CCN(CCc2ccccc2)CC1. The van der Waals surface area contributed by atoms with Crippen molar-refractivity contribution in [1.29, 1.82) is 0 Å². The van der Waals surface area contributed by atoms with Crippen LogP contribution in [0.25, 0.3) is 0 Å². The van der Waals surface area contributed by atoms with Gasteiger partial charge in [0.2, 0.25) is 11.8 Å². The molecule has 2 fully saturated rings. The maximum absolute atomic E-state index is 12.6. The van der Waals surface area contributed by atoms with Crippen LogP contribution in [0.4, 0.5) is 5.13 Å². The molecule has 1 aromatic heterocycles. The summed E-state index contributed by atoms with van der Waals surface area (Å²) in [6.45, 7) is 5.16. The zero-order valence-corrected chi connectivity index (χ0v) is 16.9. The summed E-state index contributed by atoms with van der Waals surface area (Å²) in [6, 6.07) is 10.5. The van der Waals surface area contributed by atoms with Crippen molar-refractivity contribution in [3.05, 3.63) is 47.0 Å². The fraction of sp³-hybridized carbons (Fsp3) is 0.476. The topological polar surface area (TPSA) is 56.8 Å². The van der Waals surface area contributed by atoms with E-state index in [2.05, 4.69) is 34.1 Å². The van der Waals surface area contributed by atoms with Gasteiger partial charge in [0.25, 0.3) is 0 Å². The number of carbonyl (C=O) groups is 2. The molecule has 1 aromatic carbocycles. The molecule has 0 N–H and O–H groups in total. The molecule has 2 amide bonds. The molecule has 0 atom stereocenters. The molecule has 28 heavy (non-hydrogen) atoms.